The first-order chi connectivity index (χ1) is 13.9. The summed E-state index contributed by atoms with van der Waals surface area (Å²) in [5.74, 6) is -3.42. The quantitative estimate of drug-likeness (QED) is 0.435. The summed E-state index contributed by atoms with van der Waals surface area (Å²) in [6.07, 6.45) is 3.07. The molecule has 29 heavy (non-hydrogen) atoms. The Hall–Kier alpha value is -2.53. The SMILES string of the molecule is CCCCOC(=O)C1=C(N)Oc2ccc(Br)cc2[C@@H]1[C@H](C#N)C(=O)OCCCC. The van der Waals surface area contributed by atoms with Crippen molar-refractivity contribution in [3.8, 4) is 11.8 Å². The van der Waals surface area contributed by atoms with Gasteiger partial charge in [-0.05, 0) is 31.0 Å². The van der Waals surface area contributed by atoms with Crippen LogP contribution in [0, 0.1) is 17.2 Å². The number of nitrogens with two attached hydrogens (primary N) is 1. The van der Waals surface area contributed by atoms with Crippen LogP contribution >= 0.6 is 15.9 Å². The molecule has 0 saturated heterocycles. The van der Waals surface area contributed by atoms with Crippen LogP contribution in [-0.2, 0) is 19.1 Å². The number of nitrogens with zero attached hydrogens (tertiary/aromatic N) is 1. The second kappa shape index (κ2) is 10.9. The Bertz CT molecular complexity index is 831. The number of benzene rings is 1. The summed E-state index contributed by atoms with van der Waals surface area (Å²) in [5.41, 5.74) is 6.48. The third-order valence-electron chi connectivity index (χ3n) is 4.52. The molecule has 0 saturated carbocycles. The summed E-state index contributed by atoms with van der Waals surface area (Å²) in [6.45, 7) is 4.36. The van der Waals surface area contributed by atoms with E-state index in [2.05, 4.69) is 15.9 Å². The lowest BCUT2D eigenvalue weighted by Gasteiger charge is -2.30. The number of carbonyl (C=O) groups excluding carboxylic acids is 2. The standard InChI is InChI=1S/C21H25BrN2O5/c1-3-5-9-27-20(25)15(12-23)17-14-11-13(22)7-8-16(14)29-19(24)18(17)21(26)28-10-6-4-2/h7-8,11,15,17H,3-6,9-10,24H2,1-2H3/t15-,17+/m0/s1. The smallest absolute Gasteiger partial charge is 0.340 e. The molecule has 0 fully saturated rings. The van der Waals surface area contributed by atoms with Crippen LogP contribution in [0.15, 0.2) is 34.1 Å². The third-order valence-corrected chi connectivity index (χ3v) is 5.02. The van der Waals surface area contributed by atoms with Crippen LogP contribution in [0.3, 0.4) is 0 Å². The number of nitriles is 1. The zero-order valence-electron chi connectivity index (χ0n) is 16.6. The maximum atomic E-state index is 12.8. The van der Waals surface area contributed by atoms with Crippen molar-refractivity contribution >= 4 is 27.9 Å². The average molecular weight is 465 g/mol. The lowest BCUT2D eigenvalue weighted by molar-refractivity contribution is -0.147. The molecule has 0 amide bonds. The first-order valence-corrected chi connectivity index (χ1v) is 10.4. The van der Waals surface area contributed by atoms with Gasteiger partial charge in [0.2, 0.25) is 5.88 Å². The van der Waals surface area contributed by atoms with E-state index >= 15 is 0 Å². The van der Waals surface area contributed by atoms with Crippen LogP contribution in [-0.4, -0.2) is 25.2 Å². The second-order valence-corrected chi connectivity index (χ2v) is 7.57. The second-order valence-electron chi connectivity index (χ2n) is 6.66. The van der Waals surface area contributed by atoms with Gasteiger partial charge in [0.25, 0.3) is 0 Å². The van der Waals surface area contributed by atoms with Gasteiger partial charge in [0.1, 0.15) is 11.3 Å². The Morgan fingerprint density at radius 1 is 1.24 bits per heavy atom. The van der Waals surface area contributed by atoms with Crippen LogP contribution in [0.25, 0.3) is 0 Å². The fourth-order valence-corrected chi connectivity index (χ4v) is 3.35. The van der Waals surface area contributed by atoms with Crippen molar-refractivity contribution in [1.29, 1.82) is 5.26 Å². The molecule has 7 nitrogen and oxygen atoms in total. The Labute approximate surface area is 178 Å². The van der Waals surface area contributed by atoms with E-state index in [-0.39, 0.29) is 24.7 Å². The lowest BCUT2D eigenvalue weighted by atomic mass is 9.79. The van der Waals surface area contributed by atoms with Crippen molar-refractivity contribution in [2.45, 2.75) is 45.4 Å². The lowest BCUT2D eigenvalue weighted by Crippen LogP contribution is -2.34. The molecular weight excluding hydrogens is 440 g/mol. The number of fused-ring (bicyclic) bond motifs is 1. The minimum atomic E-state index is -1.27. The Morgan fingerprint density at radius 3 is 2.52 bits per heavy atom. The van der Waals surface area contributed by atoms with Crippen molar-refractivity contribution in [3.05, 3.63) is 39.7 Å². The Balaban J connectivity index is 2.45. The van der Waals surface area contributed by atoms with Gasteiger partial charge in [0, 0.05) is 10.0 Å². The molecule has 156 valence electrons. The van der Waals surface area contributed by atoms with Gasteiger partial charge in [-0.25, -0.2) is 4.79 Å². The molecule has 0 aromatic heterocycles. The van der Waals surface area contributed by atoms with Crippen molar-refractivity contribution in [2.75, 3.05) is 13.2 Å². The van der Waals surface area contributed by atoms with Gasteiger partial charge in [-0.15, -0.1) is 0 Å². The molecule has 2 N–H and O–H groups in total. The van der Waals surface area contributed by atoms with E-state index in [1.807, 2.05) is 19.9 Å². The first-order valence-electron chi connectivity index (χ1n) is 9.64. The van der Waals surface area contributed by atoms with Crippen molar-refractivity contribution in [1.82, 2.24) is 0 Å². The highest BCUT2D eigenvalue weighted by molar-refractivity contribution is 9.10. The van der Waals surface area contributed by atoms with E-state index in [0.717, 1.165) is 12.8 Å². The summed E-state index contributed by atoms with van der Waals surface area (Å²) in [6, 6.07) is 7.10. The highest BCUT2D eigenvalue weighted by Crippen LogP contribution is 2.44. The normalized spacial score (nSPS) is 16.3. The van der Waals surface area contributed by atoms with E-state index in [1.54, 1.807) is 18.2 Å². The molecule has 1 aromatic carbocycles. The van der Waals surface area contributed by atoms with Crippen LogP contribution < -0.4 is 10.5 Å². The molecule has 1 aliphatic heterocycles. The average Bonchev–Trinajstić information content (AvgIpc) is 2.69. The summed E-state index contributed by atoms with van der Waals surface area (Å²) < 4.78 is 16.9. The van der Waals surface area contributed by atoms with E-state index in [9.17, 15) is 14.9 Å². The minimum Gasteiger partial charge on any atom is -0.465 e. The third kappa shape index (κ3) is 5.51. The molecule has 1 heterocycles. The van der Waals surface area contributed by atoms with Gasteiger partial charge in [0.15, 0.2) is 5.92 Å². The van der Waals surface area contributed by atoms with Crippen LogP contribution in [0.5, 0.6) is 5.75 Å². The van der Waals surface area contributed by atoms with Gasteiger partial charge in [0.05, 0.1) is 25.2 Å². The molecule has 1 aromatic rings. The van der Waals surface area contributed by atoms with Gasteiger partial charge in [-0.1, -0.05) is 42.6 Å². The largest absolute Gasteiger partial charge is 0.465 e. The highest BCUT2D eigenvalue weighted by atomic mass is 79.9. The number of hydrogen-bond acceptors (Lipinski definition) is 7. The molecule has 2 atom stereocenters. The van der Waals surface area contributed by atoms with E-state index in [1.165, 1.54) is 0 Å². The maximum Gasteiger partial charge on any atom is 0.340 e. The molecule has 0 spiro atoms. The number of halogens is 1. The molecule has 2 rings (SSSR count). The fourth-order valence-electron chi connectivity index (χ4n) is 2.97. The fraction of sp³-hybridized carbons (Fsp3) is 0.476. The van der Waals surface area contributed by atoms with Crippen molar-refractivity contribution in [3.63, 3.8) is 0 Å². The molecule has 0 unspecified atom stereocenters. The number of carbonyl (C=O) groups is 2. The van der Waals surface area contributed by atoms with Crippen molar-refractivity contribution < 1.29 is 23.8 Å². The monoisotopic (exact) mass is 464 g/mol. The van der Waals surface area contributed by atoms with Gasteiger partial charge >= 0.3 is 11.9 Å². The van der Waals surface area contributed by atoms with E-state index < -0.39 is 23.8 Å². The predicted octanol–water partition coefficient (Wildman–Crippen LogP) is 3.92. The number of esters is 2. The van der Waals surface area contributed by atoms with Crippen molar-refractivity contribution in [2.24, 2.45) is 11.7 Å². The molecule has 1 aliphatic rings. The Kier molecular flexibility index (Phi) is 8.52. The molecule has 8 heteroatoms. The van der Waals surface area contributed by atoms with E-state index in [4.69, 9.17) is 19.9 Å². The molecule has 0 radical (unpaired) electrons. The molecule has 0 aliphatic carbocycles. The van der Waals surface area contributed by atoms with Crippen LogP contribution in [0.1, 0.15) is 51.0 Å². The number of hydrogen-bond donors (Lipinski definition) is 1. The number of rotatable bonds is 9. The Morgan fingerprint density at radius 2 is 1.90 bits per heavy atom. The maximum absolute atomic E-state index is 12.8. The van der Waals surface area contributed by atoms with Crippen LogP contribution in [0.4, 0.5) is 0 Å². The van der Waals surface area contributed by atoms with Gasteiger partial charge < -0.3 is 19.9 Å². The molecular formula is C21H25BrN2O5. The first kappa shape index (κ1) is 22.8. The summed E-state index contributed by atoms with van der Waals surface area (Å²) >= 11 is 3.38. The minimum absolute atomic E-state index is 0.0364. The van der Waals surface area contributed by atoms with E-state index in [0.29, 0.717) is 28.6 Å². The zero-order valence-corrected chi connectivity index (χ0v) is 18.2. The number of unbranched alkanes of at least 4 members (excludes halogenated alkanes) is 2. The zero-order chi connectivity index (χ0) is 21.4. The topological polar surface area (TPSA) is 112 Å². The van der Waals surface area contributed by atoms with Crippen LogP contribution in [0.2, 0.25) is 0 Å². The number of ether oxygens (including phenoxy) is 3. The molecule has 0 bridgehead atoms. The highest BCUT2D eigenvalue weighted by Gasteiger charge is 2.43. The summed E-state index contributed by atoms with van der Waals surface area (Å²) in [7, 11) is 0. The summed E-state index contributed by atoms with van der Waals surface area (Å²) in [4.78, 5) is 25.4. The van der Waals surface area contributed by atoms with Gasteiger partial charge in [-0.2, -0.15) is 5.26 Å². The van der Waals surface area contributed by atoms with Gasteiger partial charge in [-0.3, -0.25) is 4.79 Å². The summed E-state index contributed by atoms with van der Waals surface area (Å²) in [5, 5.41) is 9.78. The predicted molar refractivity (Wildman–Crippen MR) is 110 cm³/mol.